The van der Waals surface area contributed by atoms with Crippen LogP contribution in [0, 0.1) is 5.92 Å². The van der Waals surface area contributed by atoms with Crippen LogP contribution in [0.5, 0.6) is 0 Å². The van der Waals surface area contributed by atoms with Crippen LogP contribution in [0.3, 0.4) is 0 Å². The van der Waals surface area contributed by atoms with Gasteiger partial charge in [0, 0.05) is 6.20 Å². The fourth-order valence-corrected chi connectivity index (χ4v) is 2.92. The number of likely N-dealkylation sites (tertiary alicyclic amines) is 1. The third kappa shape index (κ3) is 2.85. The molecule has 3 heteroatoms. The number of rotatable bonds is 5. The largest absolute Gasteiger partial charge is 0.319 e. The molecule has 1 N–H and O–H groups in total. The molecule has 2 rings (SSSR count). The number of nitrogens with zero attached hydrogens (tertiary/aromatic N) is 2. The molecule has 1 aromatic rings. The molecule has 1 aliphatic heterocycles. The lowest BCUT2D eigenvalue weighted by molar-refractivity contribution is 0.223. The Morgan fingerprint density at radius 1 is 1.47 bits per heavy atom. The maximum atomic E-state index is 4.56. The highest BCUT2D eigenvalue weighted by atomic mass is 15.2. The molecule has 1 aromatic heterocycles. The highest BCUT2D eigenvalue weighted by Gasteiger charge is 2.34. The molecule has 2 unspecified atom stereocenters. The zero-order valence-electron chi connectivity index (χ0n) is 10.9. The van der Waals surface area contributed by atoms with Gasteiger partial charge in [-0.2, -0.15) is 0 Å². The highest BCUT2D eigenvalue weighted by molar-refractivity contribution is 5.12. The normalized spacial score (nSPS) is 25.3. The molecule has 1 aliphatic rings. The van der Waals surface area contributed by atoms with Crippen molar-refractivity contribution >= 4 is 0 Å². The Balaban J connectivity index is 2.17. The molecule has 0 saturated carbocycles. The molecule has 1 saturated heterocycles. The summed E-state index contributed by atoms with van der Waals surface area (Å²) < 4.78 is 0. The minimum atomic E-state index is 0.503. The van der Waals surface area contributed by atoms with E-state index in [0.717, 1.165) is 6.54 Å². The first-order valence-corrected chi connectivity index (χ1v) is 6.66. The molecule has 0 spiro atoms. The van der Waals surface area contributed by atoms with E-state index in [4.69, 9.17) is 0 Å². The number of aromatic nitrogens is 1. The summed E-state index contributed by atoms with van der Waals surface area (Å²) in [5.41, 5.74) is 1.23. The Labute approximate surface area is 104 Å². The summed E-state index contributed by atoms with van der Waals surface area (Å²) >= 11 is 0. The number of nitrogens with one attached hydrogen (secondary N) is 1. The molecule has 17 heavy (non-hydrogen) atoms. The average molecular weight is 233 g/mol. The lowest BCUT2D eigenvalue weighted by Crippen LogP contribution is -2.30. The summed E-state index contributed by atoms with van der Waals surface area (Å²) in [5.74, 6) is 0.696. The second kappa shape index (κ2) is 6.12. The third-order valence-corrected chi connectivity index (χ3v) is 3.59. The van der Waals surface area contributed by atoms with Crippen LogP contribution in [0.1, 0.15) is 31.5 Å². The Bertz CT molecular complexity index is 311. The summed E-state index contributed by atoms with van der Waals surface area (Å²) in [5, 5.41) is 3.32. The maximum Gasteiger partial charge on any atom is 0.0578 e. The van der Waals surface area contributed by atoms with Gasteiger partial charge < -0.3 is 5.32 Å². The van der Waals surface area contributed by atoms with Crippen LogP contribution in [0.15, 0.2) is 24.4 Å². The molecule has 1 fully saturated rings. The van der Waals surface area contributed by atoms with Crippen LogP contribution >= 0.6 is 0 Å². The van der Waals surface area contributed by atoms with E-state index in [2.05, 4.69) is 34.3 Å². The van der Waals surface area contributed by atoms with Crippen molar-refractivity contribution in [3.8, 4) is 0 Å². The van der Waals surface area contributed by atoms with Crippen molar-refractivity contribution in [2.24, 2.45) is 5.92 Å². The monoisotopic (exact) mass is 233 g/mol. The van der Waals surface area contributed by atoms with E-state index in [1.165, 1.54) is 31.6 Å². The van der Waals surface area contributed by atoms with E-state index in [9.17, 15) is 0 Å². The zero-order chi connectivity index (χ0) is 12.1. The fraction of sp³-hybridized carbons (Fsp3) is 0.643. The summed E-state index contributed by atoms with van der Waals surface area (Å²) in [6.07, 6.45) is 4.41. The molecular formula is C14H23N3. The van der Waals surface area contributed by atoms with Gasteiger partial charge in [-0.1, -0.05) is 13.0 Å². The molecule has 0 radical (unpaired) electrons. The van der Waals surface area contributed by atoms with Gasteiger partial charge in [-0.3, -0.25) is 9.88 Å². The number of hydrogen-bond donors (Lipinski definition) is 1. The van der Waals surface area contributed by atoms with E-state index in [-0.39, 0.29) is 0 Å². The summed E-state index contributed by atoms with van der Waals surface area (Å²) in [6.45, 7) is 5.73. The molecule has 94 valence electrons. The van der Waals surface area contributed by atoms with Crippen LogP contribution in [0.2, 0.25) is 0 Å². The molecule has 0 bridgehead atoms. The van der Waals surface area contributed by atoms with Gasteiger partial charge in [0.1, 0.15) is 0 Å². The first kappa shape index (κ1) is 12.5. The van der Waals surface area contributed by atoms with E-state index in [1.54, 1.807) is 0 Å². The molecule has 0 aromatic carbocycles. The van der Waals surface area contributed by atoms with Crippen LogP contribution in [-0.2, 0) is 0 Å². The van der Waals surface area contributed by atoms with Crippen molar-refractivity contribution in [2.45, 2.75) is 25.8 Å². The Kier molecular flexibility index (Phi) is 4.51. The van der Waals surface area contributed by atoms with Crippen molar-refractivity contribution in [1.82, 2.24) is 15.2 Å². The SMILES string of the molecule is CCCN1CCC(CNC)C1c1ccccn1. The quantitative estimate of drug-likeness (QED) is 0.844. The van der Waals surface area contributed by atoms with E-state index < -0.39 is 0 Å². The third-order valence-electron chi connectivity index (χ3n) is 3.59. The van der Waals surface area contributed by atoms with Crippen molar-refractivity contribution < 1.29 is 0 Å². The smallest absolute Gasteiger partial charge is 0.0578 e. The lowest BCUT2D eigenvalue weighted by Gasteiger charge is -2.27. The summed E-state index contributed by atoms with van der Waals surface area (Å²) in [7, 11) is 2.04. The zero-order valence-corrected chi connectivity index (χ0v) is 10.9. The molecule has 0 amide bonds. The number of hydrogen-bond acceptors (Lipinski definition) is 3. The maximum absolute atomic E-state index is 4.56. The lowest BCUT2D eigenvalue weighted by atomic mass is 9.97. The molecular weight excluding hydrogens is 210 g/mol. The van der Waals surface area contributed by atoms with Crippen LogP contribution in [0.4, 0.5) is 0 Å². The van der Waals surface area contributed by atoms with Crippen molar-refractivity contribution in [3.05, 3.63) is 30.1 Å². The minimum absolute atomic E-state index is 0.503. The predicted octanol–water partition coefficient (Wildman–Crippen LogP) is 2.07. The fourth-order valence-electron chi connectivity index (χ4n) is 2.92. The first-order chi connectivity index (χ1) is 8.36. The van der Waals surface area contributed by atoms with Crippen LogP contribution < -0.4 is 5.32 Å². The van der Waals surface area contributed by atoms with E-state index >= 15 is 0 Å². The van der Waals surface area contributed by atoms with Gasteiger partial charge in [0.2, 0.25) is 0 Å². The first-order valence-electron chi connectivity index (χ1n) is 6.66. The van der Waals surface area contributed by atoms with Gasteiger partial charge in [-0.25, -0.2) is 0 Å². The van der Waals surface area contributed by atoms with Gasteiger partial charge in [0.15, 0.2) is 0 Å². The van der Waals surface area contributed by atoms with Gasteiger partial charge in [0.25, 0.3) is 0 Å². The van der Waals surface area contributed by atoms with E-state index in [1.807, 2.05) is 19.3 Å². The van der Waals surface area contributed by atoms with Crippen LogP contribution in [-0.4, -0.2) is 36.6 Å². The van der Waals surface area contributed by atoms with Crippen LogP contribution in [0.25, 0.3) is 0 Å². The standard InChI is InChI=1S/C14H23N3/c1-3-9-17-10-7-12(11-15-2)14(17)13-6-4-5-8-16-13/h4-6,8,12,14-15H,3,7,9-11H2,1-2H3. The number of pyridine rings is 1. The molecule has 2 heterocycles. The van der Waals surface area contributed by atoms with Gasteiger partial charge in [-0.05, 0) is 57.6 Å². The van der Waals surface area contributed by atoms with Gasteiger partial charge in [0.05, 0.1) is 11.7 Å². The van der Waals surface area contributed by atoms with E-state index in [0.29, 0.717) is 12.0 Å². The summed E-state index contributed by atoms with van der Waals surface area (Å²) in [6, 6.07) is 6.77. The Hall–Kier alpha value is -0.930. The second-order valence-electron chi connectivity index (χ2n) is 4.84. The van der Waals surface area contributed by atoms with Crippen molar-refractivity contribution in [2.75, 3.05) is 26.7 Å². The molecule has 2 atom stereocenters. The predicted molar refractivity (Wildman–Crippen MR) is 70.9 cm³/mol. The minimum Gasteiger partial charge on any atom is -0.319 e. The topological polar surface area (TPSA) is 28.2 Å². The van der Waals surface area contributed by atoms with Crippen molar-refractivity contribution in [3.63, 3.8) is 0 Å². The Morgan fingerprint density at radius 3 is 3.00 bits per heavy atom. The van der Waals surface area contributed by atoms with Gasteiger partial charge >= 0.3 is 0 Å². The average Bonchev–Trinajstić information content (AvgIpc) is 2.74. The van der Waals surface area contributed by atoms with Crippen molar-refractivity contribution in [1.29, 1.82) is 0 Å². The molecule has 0 aliphatic carbocycles. The Morgan fingerprint density at radius 2 is 2.35 bits per heavy atom. The second-order valence-corrected chi connectivity index (χ2v) is 4.84. The summed E-state index contributed by atoms with van der Waals surface area (Å²) in [4.78, 5) is 7.14. The van der Waals surface area contributed by atoms with Gasteiger partial charge in [-0.15, -0.1) is 0 Å². The highest BCUT2D eigenvalue weighted by Crippen LogP contribution is 2.35. The molecule has 3 nitrogen and oxygen atoms in total.